The highest BCUT2D eigenvalue weighted by Gasteiger charge is 2.01. The van der Waals surface area contributed by atoms with Gasteiger partial charge < -0.3 is 10.1 Å². The van der Waals surface area contributed by atoms with Gasteiger partial charge in [-0.25, -0.2) is 4.98 Å². The van der Waals surface area contributed by atoms with Gasteiger partial charge >= 0.3 is 0 Å². The summed E-state index contributed by atoms with van der Waals surface area (Å²) >= 11 is 1.71. The molecule has 0 aliphatic carbocycles. The van der Waals surface area contributed by atoms with Gasteiger partial charge in [0, 0.05) is 13.2 Å². The molecule has 0 spiro atoms. The van der Waals surface area contributed by atoms with Crippen LogP contribution in [0.25, 0.3) is 10.2 Å². The van der Waals surface area contributed by atoms with Crippen molar-refractivity contribution in [2.24, 2.45) is 0 Å². The van der Waals surface area contributed by atoms with E-state index in [9.17, 15) is 0 Å². The molecule has 0 bridgehead atoms. The molecule has 3 nitrogen and oxygen atoms in total. The van der Waals surface area contributed by atoms with Gasteiger partial charge in [-0.05, 0) is 38.8 Å². The lowest BCUT2D eigenvalue weighted by atomic mass is 10.3. The number of rotatable bonds is 7. The summed E-state index contributed by atoms with van der Waals surface area (Å²) in [4.78, 5) is 4.53. The van der Waals surface area contributed by atoms with Crippen LogP contribution in [0.3, 0.4) is 0 Å². The zero-order valence-corrected chi connectivity index (χ0v) is 11.8. The van der Waals surface area contributed by atoms with Crippen molar-refractivity contribution in [1.29, 1.82) is 0 Å². The molecule has 18 heavy (non-hydrogen) atoms. The summed E-state index contributed by atoms with van der Waals surface area (Å²) in [6.45, 7) is 5.94. The molecule has 0 aliphatic heterocycles. The number of aromatic nitrogens is 1. The number of hydrogen-bond donors (Lipinski definition) is 1. The molecule has 0 radical (unpaired) electrons. The Morgan fingerprint density at radius 1 is 1.28 bits per heavy atom. The fraction of sp³-hybridized carbons (Fsp3) is 0.500. The van der Waals surface area contributed by atoms with Crippen LogP contribution in [0.15, 0.2) is 24.3 Å². The number of anilines is 1. The maximum atomic E-state index is 5.50. The van der Waals surface area contributed by atoms with Crippen LogP contribution in [0.5, 0.6) is 0 Å². The monoisotopic (exact) mass is 264 g/mol. The minimum Gasteiger partial charge on any atom is -0.379 e. The van der Waals surface area contributed by atoms with Gasteiger partial charge in [0.15, 0.2) is 5.13 Å². The van der Waals surface area contributed by atoms with Crippen molar-refractivity contribution in [2.45, 2.75) is 32.8 Å². The normalized spacial score (nSPS) is 11.3. The van der Waals surface area contributed by atoms with Gasteiger partial charge in [-0.2, -0.15) is 0 Å². The first-order valence-electron chi connectivity index (χ1n) is 6.47. The van der Waals surface area contributed by atoms with Gasteiger partial charge in [0.1, 0.15) is 0 Å². The number of ether oxygens (including phenoxy) is 1. The summed E-state index contributed by atoms with van der Waals surface area (Å²) in [5, 5.41) is 4.39. The molecule has 98 valence electrons. The second kappa shape index (κ2) is 6.71. The summed E-state index contributed by atoms with van der Waals surface area (Å²) in [7, 11) is 0. The predicted molar refractivity (Wildman–Crippen MR) is 78.4 cm³/mol. The van der Waals surface area contributed by atoms with Crippen molar-refractivity contribution in [1.82, 2.24) is 4.98 Å². The molecule has 2 aromatic rings. The number of nitrogens with one attached hydrogen (secondary N) is 1. The van der Waals surface area contributed by atoms with E-state index >= 15 is 0 Å². The topological polar surface area (TPSA) is 34.1 Å². The van der Waals surface area contributed by atoms with E-state index in [2.05, 4.69) is 30.2 Å². The minimum atomic E-state index is 0.335. The highest BCUT2D eigenvalue weighted by atomic mass is 32.1. The predicted octanol–water partition coefficient (Wildman–Crippen LogP) is 3.91. The van der Waals surface area contributed by atoms with E-state index in [0.717, 1.165) is 36.6 Å². The smallest absolute Gasteiger partial charge is 0.183 e. The second-order valence-corrected chi connectivity index (χ2v) is 5.57. The largest absolute Gasteiger partial charge is 0.379 e. The summed E-state index contributed by atoms with van der Waals surface area (Å²) in [5.41, 5.74) is 1.08. The molecule has 0 aliphatic rings. The van der Waals surface area contributed by atoms with E-state index in [0.29, 0.717) is 6.10 Å². The molecule has 1 N–H and O–H groups in total. The molecule has 0 atom stereocenters. The molecular weight excluding hydrogens is 244 g/mol. The Balaban J connectivity index is 1.70. The first-order chi connectivity index (χ1) is 8.75. The maximum Gasteiger partial charge on any atom is 0.183 e. The molecule has 1 aromatic carbocycles. The molecular formula is C14H20N2OS. The second-order valence-electron chi connectivity index (χ2n) is 4.54. The van der Waals surface area contributed by atoms with Crippen LogP contribution < -0.4 is 5.32 Å². The van der Waals surface area contributed by atoms with Gasteiger partial charge in [-0.3, -0.25) is 0 Å². The molecule has 0 saturated carbocycles. The average Bonchev–Trinajstić information content (AvgIpc) is 2.75. The Labute approximate surface area is 112 Å². The van der Waals surface area contributed by atoms with Gasteiger partial charge in [0.2, 0.25) is 0 Å². The first kappa shape index (κ1) is 13.3. The molecule has 2 rings (SSSR count). The zero-order valence-electron chi connectivity index (χ0n) is 11.0. The van der Waals surface area contributed by atoms with Crippen molar-refractivity contribution in [2.75, 3.05) is 18.5 Å². The number of benzene rings is 1. The van der Waals surface area contributed by atoms with E-state index in [1.165, 1.54) is 4.70 Å². The van der Waals surface area contributed by atoms with Crippen molar-refractivity contribution < 1.29 is 4.74 Å². The van der Waals surface area contributed by atoms with Crippen LogP contribution in [-0.4, -0.2) is 24.2 Å². The lowest BCUT2D eigenvalue weighted by Crippen LogP contribution is -2.06. The molecule has 4 heteroatoms. The SMILES string of the molecule is CC(C)OCCCCNc1nc2ccccc2s1. The summed E-state index contributed by atoms with van der Waals surface area (Å²) < 4.78 is 6.74. The molecule has 1 aromatic heterocycles. The standard InChI is InChI=1S/C14H20N2OS/c1-11(2)17-10-6-5-9-15-14-16-12-7-3-4-8-13(12)18-14/h3-4,7-8,11H,5-6,9-10H2,1-2H3,(H,15,16). The van der Waals surface area contributed by atoms with Crippen molar-refractivity contribution in [3.05, 3.63) is 24.3 Å². The molecule has 1 heterocycles. The van der Waals surface area contributed by atoms with E-state index in [-0.39, 0.29) is 0 Å². The highest BCUT2D eigenvalue weighted by Crippen LogP contribution is 2.25. The minimum absolute atomic E-state index is 0.335. The van der Waals surface area contributed by atoms with Gasteiger partial charge in [0.05, 0.1) is 16.3 Å². The van der Waals surface area contributed by atoms with Crippen LogP contribution in [0, 0.1) is 0 Å². The lowest BCUT2D eigenvalue weighted by Gasteiger charge is -2.07. The van der Waals surface area contributed by atoms with Crippen LogP contribution in [0.2, 0.25) is 0 Å². The van der Waals surface area contributed by atoms with Crippen molar-refractivity contribution in [3.63, 3.8) is 0 Å². The van der Waals surface area contributed by atoms with Crippen LogP contribution in [-0.2, 0) is 4.74 Å². The van der Waals surface area contributed by atoms with Crippen molar-refractivity contribution in [3.8, 4) is 0 Å². The average molecular weight is 264 g/mol. The number of hydrogen-bond acceptors (Lipinski definition) is 4. The zero-order chi connectivity index (χ0) is 12.8. The Hall–Kier alpha value is -1.13. The lowest BCUT2D eigenvalue weighted by molar-refractivity contribution is 0.0765. The van der Waals surface area contributed by atoms with Gasteiger partial charge in [0.25, 0.3) is 0 Å². The third kappa shape index (κ3) is 3.96. The number of fused-ring (bicyclic) bond motifs is 1. The molecule has 0 saturated heterocycles. The number of para-hydroxylation sites is 1. The van der Waals surface area contributed by atoms with Crippen LogP contribution in [0.4, 0.5) is 5.13 Å². The van der Waals surface area contributed by atoms with Gasteiger partial charge in [-0.1, -0.05) is 23.5 Å². The fourth-order valence-electron chi connectivity index (χ4n) is 1.69. The van der Waals surface area contributed by atoms with E-state index in [4.69, 9.17) is 4.74 Å². The Morgan fingerprint density at radius 3 is 2.89 bits per heavy atom. The Morgan fingerprint density at radius 2 is 2.11 bits per heavy atom. The molecule has 0 fully saturated rings. The Bertz CT molecular complexity index is 448. The van der Waals surface area contributed by atoms with Crippen LogP contribution in [0.1, 0.15) is 26.7 Å². The first-order valence-corrected chi connectivity index (χ1v) is 7.28. The maximum absolute atomic E-state index is 5.50. The summed E-state index contributed by atoms with van der Waals surface area (Å²) in [5.74, 6) is 0. The quantitative estimate of drug-likeness (QED) is 0.770. The molecule has 0 amide bonds. The van der Waals surface area contributed by atoms with E-state index < -0.39 is 0 Å². The summed E-state index contributed by atoms with van der Waals surface area (Å²) in [6.07, 6.45) is 2.54. The Kier molecular flexibility index (Phi) is 4.96. The number of nitrogens with zero attached hydrogens (tertiary/aromatic N) is 1. The number of thiazole rings is 1. The van der Waals surface area contributed by atoms with Crippen LogP contribution >= 0.6 is 11.3 Å². The number of unbranched alkanes of at least 4 members (excludes halogenated alkanes) is 1. The third-order valence-corrected chi connectivity index (χ3v) is 3.59. The molecule has 0 unspecified atom stereocenters. The van der Waals surface area contributed by atoms with E-state index in [1.54, 1.807) is 11.3 Å². The fourth-order valence-corrected chi connectivity index (χ4v) is 2.58. The highest BCUT2D eigenvalue weighted by molar-refractivity contribution is 7.22. The summed E-state index contributed by atoms with van der Waals surface area (Å²) in [6, 6.07) is 8.23. The third-order valence-electron chi connectivity index (χ3n) is 2.59. The van der Waals surface area contributed by atoms with E-state index in [1.807, 2.05) is 18.2 Å². The van der Waals surface area contributed by atoms with Crippen molar-refractivity contribution >= 4 is 26.7 Å². The van der Waals surface area contributed by atoms with Gasteiger partial charge in [-0.15, -0.1) is 0 Å².